The van der Waals surface area contributed by atoms with E-state index in [4.69, 9.17) is 4.74 Å². The van der Waals surface area contributed by atoms with Crippen molar-refractivity contribution in [1.82, 2.24) is 0 Å². The second-order valence-corrected chi connectivity index (χ2v) is 6.00. The fourth-order valence-electron chi connectivity index (χ4n) is 2.79. The number of aliphatic carboxylic acids is 1. The number of carbonyl (C=O) groups excluding carboxylic acids is 1. The van der Waals surface area contributed by atoms with Gasteiger partial charge in [0.1, 0.15) is 5.75 Å². The smallest absolute Gasteiger partial charge is 0.307 e. The van der Waals surface area contributed by atoms with Crippen LogP contribution in [0.2, 0.25) is 0 Å². The lowest BCUT2D eigenvalue weighted by Gasteiger charge is -2.17. The third-order valence-electron chi connectivity index (χ3n) is 3.92. The maximum absolute atomic E-state index is 12.6. The van der Waals surface area contributed by atoms with Crippen LogP contribution < -0.4 is 4.74 Å². The van der Waals surface area contributed by atoms with Crippen molar-refractivity contribution in [3.63, 3.8) is 0 Å². The summed E-state index contributed by atoms with van der Waals surface area (Å²) in [6.07, 6.45) is 1.98. The van der Waals surface area contributed by atoms with Crippen LogP contribution in [0.5, 0.6) is 5.75 Å². The third-order valence-corrected chi connectivity index (χ3v) is 4.77. The van der Waals surface area contributed by atoms with Gasteiger partial charge in [-0.1, -0.05) is 22.4 Å². The molecule has 0 spiro atoms. The number of benzene rings is 1. The molecule has 0 bridgehead atoms. The lowest BCUT2D eigenvalue weighted by atomic mass is 9.88. The highest BCUT2D eigenvalue weighted by Gasteiger charge is 2.38. The van der Waals surface area contributed by atoms with E-state index in [9.17, 15) is 14.7 Å². The van der Waals surface area contributed by atoms with Crippen LogP contribution in [0.3, 0.4) is 0 Å². The van der Waals surface area contributed by atoms with Gasteiger partial charge in [-0.05, 0) is 37.5 Å². The SMILES string of the molecule is COc1cc(C)c(Br)cc1C(=O)C1CCCC1C(=O)O. The Hall–Kier alpha value is -1.36. The van der Waals surface area contributed by atoms with Crippen molar-refractivity contribution in [2.75, 3.05) is 7.11 Å². The van der Waals surface area contributed by atoms with E-state index in [0.29, 0.717) is 24.2 Å². The second kappa shape index (κ2) is 5.95. The molecule has 1 saturated carbocycles. The van der Waals surface area contributed by atoms with E-state index in [0.717, 1.165) is 16.5 Å². The lowest BCUT2D eigenvalue weighted by Crippen LogP contribution is -2.25. The summed E-state index contributed by atoms with van der Waals surface area (Å²) in [5.41, 5.74) is 1.43. The summed E-state index contributed by atoms with van der Waals surface area (Å²) in [5, 5.41) is 9.21. The van der Waals surface area contributed by atoms with Crippen LogP contribution in [-0.2, 0) is 4.79 Å². The number of methoxy groups -OCH3 is 1. The Morgan fingerprint density at radius 3 is 2.55 bits per heavy atom. The van der Waals surface area contributed by atoms with E-state index in [1.54, 1.807) is 12.1 Å². The largest absolute Gasteiger partial charge is 0.496 e. The molecule has 0 heterocycles. The van der Waals surface area contributed by atoms with Crippen LogP contribution >= 0.6 is 15.9 Å². The maximum atomic E-state index is 12.6. The Balaban J connectivity index is 2.38. The van der Waals surface area contributed by atoms with Crippen LogP contribution in [0.15, 0.2) is 16.6 Å². The standard InChI is InChI=1S/C15H17BrO4/c1-8-6-13(20-2)11(7-12(8)16)14(17)9-4-3-5-10(9)15(18)19/h6-7,9-10H,3-5H2,1-2H3,(H,18,19). The van der Waals surface area contributed by atoms with Gasteiger partial charge >= 0.3 is 5.97 Å². The van der Waals surface area contributed by atoms with Gasteiger partial charge in [0, 0.05) is 10.4 Å². The molecule has 2 atom stereocenters. The molecule has 1 aliphatic rings. The average molecular weight is 341 g/mol. The minimum Gasteiger partial charge on any atom is -0.496 e. The van der Waals surface area contributed by atoms with Gasteiger partial charge in [-0.3, -0.25) is 9.59 Å². The molecule has 2 rings (SSSR count). The van der Waals surface area contributed by atoms with Gasteiger partial charge in [0.05, 0.1) is 18.6 Å². The molecule has 1 aliphatic carbocycles. The number of carbonyl (C=O) groups is 2. The third kappa shape index (κ3) is 2.73. The number of hydrogen-bond donors (Lipinski definition) is 1. The fourth-order valence-corrected chi connectivity index (χ4v) is 3.13. The first-order valence-corrected chi connectivity index (χ1v) is 7.36. The molecule has 0 aliphatic heterocycles. The van der Waals surface area contributed by atoms with Crippen molar-refractivity contribution < 1.29 is 19.4 Å². The molecule has 1 N–H and O–H groups in total. The van der Waals surface area contributed by atoms with Crippen LogP contribution in [0.4, 0.5) is 0 Å². The highest BCUT2D eigenvalue weighted by atomic mass is 79.9. The number of ketones is 1. The Labute approximate surface area is 126 Å². The fraction of sp³-hybridized carbons (Fsp3) is 0.467. The number of ether oxygens (including phenoxy) is 1. The highest BCUT2D eigenvalue weighted by Crippen LogP contribution is 2.37. The molecule has 0 aromatic heterocycles. The summed E-state index contributed by atoms with van der Waals surface area (Å²) in [4.78, 5) is 23.9. The summed E-state index contributed by atoms with van der Waals surface area (Å²) >= 11 is 3.41. The molecule has 0 saturated heterocycles. The molecule has 20 heavy (non-hydrogen) atoms. The predicted octanol–water partition coefficient (Wildman–Crippen LogP) is 3.45. The monoisotopic (exact) mass is 340 g/mol. The first kappa shape index (κ1) is 15.0. The van der Waals surface area contributed by atoms with Gasteiger partial charge in [-0.2, -0.15) is 0 Å². The van der Waals surface area contributed by atoms with Gasteiger partial charge in [-0.25, -0.2) is 0 Å². The number of rotatable bonds is 4. The topological polar surface area (TPSA) is 63.6 Å². The lowest BCUT2D eigenvalue weighted by molar-refractivity contribution is -0.142. The molecule has 108 valence electrons. The minimum absolute atomic E-state index is 0.132. The Bertz CT molecular complexity index is 553. The zero-order valence-electron chi connectivity index (χ0n) is 11.5. The van der Waals surface area contributed by atoms with Crippen LogP contribution in [0.1, 0.15) is 35.2 Å². The van der Waals surface area contributed by atoms with Gasteiger partial charge in [0.2, 0.25) is 0 Å². The van der Waals surface area contributed by atoms with Crippen LogP contribution in [-0.4, -0.2) is 24.0 Å². The van der Waals surface area contributed by atoms with Crippen molar-refractivity contribution in [3.8, 4) is 5.75 Å². The number of Topliss-reactive ketones (excluding diaryl/α,β-unsaturated/α-hetero) is 1. The molecular formula is C15H17BrO4. The van der Waals surface area contributed by atoms with Crippen LogP contribution in [0.25, 0.3) is 0 Å². The Morgan fingerprint density at radius 2 is 1.95 bits per heavy atom. The minimum atomic E-state index is -0.883. The normalized spacial score (nSPS) is 21.8. The molecule has 0 radical (unpaired) electrons. The zero-order chi connectivity index (χ0) is 14.9. The first-order valence-electron chi connectivity index (χ1n) is 6.57. The molecule has 1 aromatic carbocycles. The maximum Gasteiger partial charge on any atom is 0.307 e. The van der Waals surface area contributed by atoms with Gasteiger partial charge in [0.15, 0.2) is 5.78 Å². The quantitative estimate of drug-likeness (QED) is 0.852. The summed E-state index contributed by atoms with van der Waals surface area (Å²) < 4.78 is 6.09. The summed E-state index contributed by atoms with van der Waals surface area (Å²) in [6.45, 7) is 1.91. The zero-order valence-corrected chi connectivity index (χ0v) is 13.1. The number of aryl methyl sites for hydroxylation is 1. The molecule has 1 aromatic rings. The van der Waals surface area contributed by atoms with E-state index in [2.05, 4.69) is 15.9 Å². The van der Waals surface area contributed by atoms with E-state index < -0.39 is 17.8 Å². The Morgan fingerprint density at radius 1 is 1.30 bits per heavy atom. The van der Waals surface area contributed by atoms with Crippen molar-refractivity contribution in [2.45, 2.75) is 26.2 Å². The summed E-state index contributed by atoms with van der Waals surface area (Å²) in [7, 11) is 1.52. The molecule has 2 unspecified atom stereocenters. The number of carboxylic acid groups (broad SMARTS) is 1. The van der Waals surface area contributed by atoms with Crippen molar-refractivity contribution >= 4 is 27.7 Å². The Kier molecular flexibility index (Phi) is 4.48. The van der Waals surface area contributed by atoms with Crippen LogP contribution in [0, 0.1) is 18.8 Å². The summed E-state index contributed by atoms with van der Waals surface area (Å²) in [5.74, 6) is -1.53. The van der Waals surface area contributed by atoms with Gasteiger partial charge in [-0.15, -0.1) is 0 Å². The number of halogens is 1. The van der Waals surface area contributed by atoms with Crippen molar-refractivity contribution in [2.24, 2.45) is 11.8 Å². The van der Waals surface area contributed by atoms with Gasteiger partial charge in [0.25, 0.3) is 0 Å². The highest BCUT2D eigenvalue weighted by molar-refractivity contribution is 9.10. The molecule has 5 heteroatoms. The van der Waals surface area contributed by atoms with Crippen molar-refractivity contribution in [1.29, 1.82) is 0 Å². The van der Waals surface area contributed by atoms with E-state index >= 15 is 0 Å². The molecule has 1 fully saturated rings. The molecule has 4 nitrogen and oxygen atoms in total. The van der Waals surface area contributed by atoms with E-state index in [1.165, 1.54) is 7.11 Å². The van der Waals surface area contributed by atoms with E-state index in [1.807, 2.05) is 6.92 Å². The number of hydrogen-bond acceptors (Lipinski definition) is 3. The molecular weight excluding hydrogens is 324 g/mol. The van der Waals surface area contributed by atoms with Crippen molar-refractivity contribution in [3.05, 3.63) is 27.7 Å². The predicted molar refractivity (Wildman–Crippen MR) is 78.2 cm³/mol. The van der Waals surface area contributed by atoms with E-state index in [-0.39, 0.29) is 5.78 Å². The summed E-state index contributed by atoms with van der Waals surface area (Å²) in [6, 6.07) is 3.52. The second-order valence-electron chi connectivity index (χ2n) is 5.15. The van der Waals surface area contributed by atoms with Gasteiger partial charge < -0.3 is 9.84 Å². The number of carboxylic acids is 1. The first-order chi connectivity index (χ1) is 9.45. The molecule has 0 amide bonds. The average Bonchev–Trinajstić information content (AvgIpc) is 2.90.